The van der Waals surface area contributed by atoms with Gasteiger partial charge < -0.3 is 5.73 Å². The van der Waals surface area contributed by atoms with Gasteiger partial charge in [0.05, 0.1) is 5.56 Å². The molecule has 0 aliphatic heterocycles. The first kappa shape index (κ1) is 9.98. The minimum atomic E-state index is -4.42. The molecule has 0 bridgehead atoms. The molecule has 5 heteroatoms. The zero-order chi connectivity index (χ0) is 10.1. The molecule has 0 saturated heterocycles. The van der Waals surface area contributed by atoms with Gasteiger partial charge in [-0.15, -0.1) is 0 Å². The Morgan fingerprint density at radius 2 is 1.85 bits per heavy atom. The minimum Gasteiger partial charge on any atom is -0.354 e. The van der Waals surface area contributed by atoms with Gasteiger partial charge in [0, 0.05) is 5.56 Å². The van der Waals surface area contributed by atoms with Crippen molar-refractivity contribution in [2.75, 3.05) is 0 Å². The lowest BCUT2D eigenvalue weighted by Gasteiger charge is -2.07. The van der Waals surface area contributed by atoms with Crippen LogP contribution < -0.4 is 5.73 Å². The van der Waals surface area contributed by atoms with E-state index in [1.165, 1.54) is 0 Å². The summed E-state index contributed by atoms with van der Waals surface area (Å²) in [6.07, 6.45) is -4.42. The van der Waals surface area contributed by atoms with Gasteiger partial charge in [-0.2, -0.15) is 13.2 Å². The van der Waals surface area contributed by atoms with Gasteiger partial charge in [-0.25, -0.2) is 4.39 Å². The molecule has 0 aliphatic rings. The van der Waals surface area contributed by atoms with Crippen molar-refractivity contribution in [3.05, 3.63) is 35.1 Å². The first-order valence-corrected chi connectivity index (χ1v) is 3.60. The lowest BCUT2D eigenvalue weighted by molar-refractivity contribution is -0.387. The normalized spacial score (nSPS) is 11.8. The molecule has 0 heterocycles. The SMILES string of the molecule is [NH3+]Cc1cc(C(F)(F)F)ccc1F. The Kier molecular flexibility index (Phi) is 2.56. The number of quaternary nitrogens is 1. The van der Waals surface area contributed by atoms with Crippen LogP contribution in [0.4, 0.5) is 17.6 Å². The van der Waals surface area contributed by atoms with Crippen LogP contribution in [0, 0.1) is 5.82 Å². The minimum absolute atomic E-state index is 0.00968. The van der Waals surface area contributed by atoms with E-state index in [1.54, 1.807) is 0 Å². The summed E-state index contributed by atoms with van der Waals surface area (Å²) < 4.78 is 49.0. The van der Waals surface area contributed by atoms with Crippen molar-refractivity contribution in [2.24, 2.45) is 0 Å². The Bertz CT molecular complexity index is 306. The lowest BCUT2D eigenvalue weighted by Crippen LogP contribution is -2.47. The number of benzene rings is 1. The molecule has 72 valence electrons. The van der Waals surface area contributed by atoms with Crippen molar-refractivity contribution in [2.45, 2.75) is 12.7 Å². The van der Waals surface area contributed by atoms with E-state index in [2.05, 4.69) is 5.73 Å². The molecule has 1 rings (SSSR count). The van der Waals surface area contributed by atoms with E-state index in [0.717, 1.165) is 12.1 Å². The molecule has 3 N–H and O–H groups in total. The Hall–Kier alpha value is -1.10. The van der Waals surface area contributed by atoms with Crippen molar-refractivity contribution in [1.82, 2.24) is 0 Å². The van der Waals surface area contributed by atoms with Crippen LogP contribution in [0.2, 0.25) is 0 Å². The number of alkyl halides is 3. The molecule has 0 saturated carbocycles. The highest BCUT2D eigenvalue weighted by atomic mass is 19.4. The van der Waals surface area contributed by atoms with Gasteiger partial charge >= 0.3 is 6.18 Å². The molecule has 0 atom stereocenters. The third-order valence-electron chi connectivity index (χ3n) is 1.64. The Labute approximate surface area is 72.2 Å². The number of hydrogen-bond donors (Lipinski definition) is 1. The van der Waals surface area contributed by atoms with Crippen molar-refractivity contribution >= 4 is 0 Å². The summed E-state index contributed by atoms with van der Waals surface area (Å²) in [5, 5.41) is 0. The molecule has 1 aromatic carbocycles. The number of hydrogen-bond acceptors (Lipinski definition) is 0. The average Bonchev–Trinajstić information content (AvgIpc) is 2.03. The maximum atomic E-state index is 12.8. The van der Waals surface area contributed by atoms with Crippen LogP contribution in [-0.4, -0.2) is 0 Å². The van der Waals surface area contributed by atoms with Gasteiger partial charge in [0.25, 0.3) is 0 Å². The second-order valence-corrected chi connectivity index (χ2v) is 2.55. The second-order valence-electron chi connectivity index (χ2n) is 2.55. The number of rotatable bonds is 1. The predicted molar refractivity (Wildman–Crippen MR) is 38.0 cm³/mol. The zero-order valence-corrected chi connectivity index (χ0v) is 6.66. The summed E-state index contributed by atoms with van der Waals surface area (Å²) in [5.41, 5.74) is 2.47. The first-order valence-electron chi connectivity index (χ1n) is 3.60. The maximum Gasteiger partial charge on any atom is 0.416 e. The van der Waals surface area contributed by atoms with Crippen LogP contribution in [0.3, 0.4) is 0 Å². The van der Waals surface area contributed by atoms with Crippen LogP contribution in [0.5, 0.6) is 0 Å². The Morgan fingerprint density at radius 3 is 2.31 bits per heavy atom. The monoisotopic (exact) mass is 194 g/mol. The van der Waals surface area contributed by atoms with E-state index in [9.17, 15) is 17.6 Å². The summed E-state index contributed by atoms with van der Waals surface area (Å²) in [7, 11) is 0. The van der Waals surface area contributed by atoms with E-state index in [1.807, 2.05) is 0 Å². The first-order chi connectivity index (χ1) is 5.95. The van der Waals surface area contributed by atoms with Crippen molar-refractivity contribution in [3.8, 4) is 0 Å². The average molecular weight is 194 g/mol. The van der Waals surface area contributed by atoms with Crippen LogP contribution in [-0.2, 0) is 12.7 Å². The van der Waals surface area contributed by atoms with Gasteiger partial charge in [-0.05, 0) is 18.2 Å². The molecule has 0 aromatic heterocycles. The lowest BCUT2D eigenvalue weighted by atomic mass is 10.1. The maximum absolute atomic E-state index is 12.8. The molecule has 0 unspecified atom stereocenters. The molecular formula is C8H8F4N+. The third-order valence-corrected chi connectivity index (χ3v) is 1.64. The highest BCUT2D eigenvalue weighted by Gasteiger charge is 2.30. The highest BCUT2D eigenvalue weighted by molar-refractivity contribution is 5.26. The van der Waals surface area contributed by atoms with Crippen LogP contribution >= 0.6 is 0 Å². The zero-order valence-electron chi connectivity index (χ0n) is 6.66. The van der Waals surface area contributed by atoms with E-state index in [0.29, 0.717) is 6.07 Å². The van der Waals surface area contributed by atoms with Crippen molar-refractivity contribution in [1.29, 1.82) is 0 Å². The fourth-order valence-electron chi connectivity index (χ4n) is 0.943. The van der Waals surface area contributed by atoms with Gasteiger partial charge in [0.2, 0.25) is 0 Å². The van der Waals surface area contributed by atoms with Crippen LogP contribution in [0.25, 0.3) is 0 Å². The van der Waals surface area contributed by atoms with Crippen molar-refractivity contribution < 1.29 is 23.3 Å². The molecule has 0 spiro atoms. The molecular weight excluding hydrogens is 186 g/mol. The molecule has 13 heavy (non-hydrogen) atoms. The summed E-state index contributed by atoms with van der Waals surface area (Å²) in [5.74, 6) is -0.650. The molecule has 0 radical (unpaired) electrons. The van der Waals surface area contributed by atoms with E-state index in [4.69, 9.17) is 0 Å². The van der Waals surface area contributed by atoms with Gasteiger partial charge in [-0.3, -0.25) is 0 Å². The predicted octanol–water partition coefficient (Wildman–Crippen LogP) is 1.59. The smallest absolute Gasteiger partial charge is 0.354 e. The third kappa shape index (κ3) is 2.18. The summed E-state index contributed by atoms with van der Waals surface area (Å²) in [6.45, 7) is 0.00968. The number of halogens is 4. The van der Waals surface area contributed by atoms with E-state index in [-0.39, 0.29) is 12.1 Å². The molecule has 1 aromatic rings. The quantitative estimate of drug-likeness (QED) is 0.657. The highest BCUT2D eigenvalue weighted by Crippen LogP contribution is 2.30. The Morgan fingerprint density at radius 1 is 1.23 bits per heavy atom. The van der Waals surface area contributed by atoms with Gasteiger partial charge in [0.1, 0.15) is 12.4 Å². The second kappa shape index (κ2) is 3.33. The Balaban J connectivity index is 3.14. The van der Waals surface area contributed by atoms with Crippen LogP contribution in [0.1, 0.15) is 11.1 Å². The molecule has 0 fully saturated rings. The summed E-state index contributed by atoms with van der Waals surface area (Å²) in [6, 6.07) is 2.31. The molecule has 0 amide bonds. The van der Waals surface area contributed by atoms with Gasteiger partial charge in [-0.1, -0.05) is 0 Å². The largest absolute Gasteiger partial charge is 0.416 e. The van der Waals surface area contributed by atoms with Crippen LogP contribution in [0.15, 0.2) is 18.2 Å². The topological polar surface area (TPSA) is 27.6 Å². The molecule has 0 aliphatic carbocycles. The van der Waals surface area contributed by atoms with E-state index < -0.39 is 17.6 Å². The molecule has 1 nitrogen and oxygen atoms in total. The summed E-state index contributed by atoms with van der Waals surface area (Å²) in [4.78, 5) is 0. The van der Waals surface area contributed by atoms with Gasteiger partial charge in [0.15, 0.2) is 0 Å². The van der Waals surface area contributed by atoms with Crippen molar-refractivity contribution in [3.63, 3.8) is 0 Å². The summed E-state index contributed by atoms with van der Waals surface area (Å²) >= 11 is 0. The fourth-order valence-corrected chi connectivity index (χ4v) is 0.943. The fraction of sp³-hybridized carbons (Fsp3) is 0.250. The standard InChI is InChI=1S/C8H7F4N/c9-7-2-1-6(8(10,11)12)3-5(7)4-13/h1-3H,4,13H2/p+1. The van der Waals surface area contributed by atoms with E-state index >= 15 is 0 Å².